The van der Waals surface area contributed by atoms with Crippen LogP contribution in [-0.2, 0) is 20.3 Å². The fourth-order valence-electron chi connectivity index (χ4n) is 7.26. The van der Waals surface area contributed by atoms with E-state index in [-0.39, 0.29) is 11.5 Å². The number of allylic oxidation sites excluding steroid dienone is 8. The second kappa shape index (κ2) is 11.3. The summed E-state index contributed by atoms with van der Waals surface area (Å²) in [7, 11) is 0. The van der Waals surface area contributed by atoms with Gasteiger partial charge in [-0.1, -0.05) is 60.7 Å². The van der Waals surface area contributed by atoms with E-state index in [9.17, 15) is 10.2 Å². The molecule has 0 aromatic heterocycles. The van der Waals surface area contributed by atoms with E-state index in [0.717, 1.165) is 23.7 Å². The van der Waals surface area contributed by atoms with Crippen LogP contribution in [0.3, 0.4) is 0 Å². The molecule has 7 rings (SSSR count). The van der Waals surface area contributed by atoms with Gasteiger partial charge < -0.3 is 10.2 Å². The molecule has 6 atom stereocenters. The average Bonchev–Trinajstić information content (AvgIpc) is 3.37. The fraction of sp³-hybridized carbons (Fsp3) is 0.375. The molecule has 0 bridgehead atoms. The maximum Gasteiger partial charge on any atom is -0.0623 e. The van der Waals surface area contributed by atoms with Crippen molar-refractivity contribution in [2.45, 2.75) is 41.2 Å². The molecule has 0 amide bonds. The summed E-state index contributed by atoms with van der Waals surface area (Å²) in [5, 5.41) is 20.5. The van der Waals surface area contributed by atoms with Gasteiger partial charge in [-0.25, -0.2) is 0 Å². The Morgan fingerprint density at radius 3 is 1.26 bits per heavy atom. The summed E-state index contributed by atoms with van der Waals surface area (Å²) < 4.78 is 5.83. The molecule has 2 nitrogen and oxygen atoms in total. The van der Waals surface area contributed by atoms with Crippen molar-refractivity contribution >= 4 is 0 Å². The SMILES string of the molecule is C1=CC2CC[CH]([Zr+2]3([CH]4CCC5C=CC=CC54)[CH2][CH2]3)C2C=C1.[O-]c1ccccc1.[O-]c1ccccc1. The summed E-state index contributed by atoms with van der Waals surface area (Å²) in [6.07, 6.45) is 25.7. The van der Waals surface area contributed by atoms with E-state index in [1.807, 2.05) is 12.1 Å². The number of hydrogen-bond donors (Lipinski definition) is 0. The van der Waals surface area contributed by atoms with Gasteiger partial charge in [0.05, 0.1) is 0 Å². The van der Waals surface area contributed by atoms with Crippen LogP contribution in [0.4, 0.5) is 0 Å². The van der Waals surface area contributed by atoms with Crippen molar-refractivity contribution in [3.05, 3.63) is 109 Å². The molecule has 6 unspecified atom stereocenters. The molecule has 1 heterocycles. The Morgan fingerprint density at radius 1 is 0.514 bits per heavy atom. The first-order chi connectivity index (χ1) is 17.2. The first-order valence-electron chi connectivity index (χ1n) is 13.3. The Kier molecular flexibility index (Phi) is 7.93. The van der Waals surface area contributed by atoms with Crippen LogP contribution in [0.25, 0.3) is 0 Å². The first-order valence-corrected chi connectivity index (χ1v) is 19.6. The van der Waals surface area contributed by atoms with E-state index in [1.54, 1.807) is 45.4 Å². The average molecular weight is 544 g/mol. The van der Waals surface area contributed by atoms with Crippen LogP contribution in [-0.4, -0.2) is 0 Å². The molecule has 35 heavy (non-hydrogen) atoms. The third kappa shape index (κ3) is 5.67. The van der Waals surface area contributed by atoms with Crippen molar-refractivity contribution in [3.63, 3.8) is 0 Å². The van der Waals surface area contributed by atoms with Gasteiger partial charge in [0, 0.05) is 0 Å². The zero-order valence-electron chi connectivity index (χ0n) is 20.4. The zero-order chi connectivity index (χ0) is 24.1. The predicted molar refractivity (Wildman–Crippen MR) is 138 cm³/mol. The number of para-hydroxylation sites is 2. The molecule has 0 spiro atoms. The minimum Gasteiger partial charge on any atom is -0.872 e. The van der Waals surface area contributed by atoms with Crippen LogP contribution in [0.5, 0.6) is 11.5 Å². The molecule has 2 aromatic carbocycles. The standard InChI is InChI=1S/2C9H11.2C6H6O.C2H4.Zr/c2*1-2-5-9-7-3-6-8(9)4-1;2*7-6-4-2-1-3-5-6;1-2;/h2*1-2,4-6,8-9H,3,7H2;2*1-5,7H;1-2H2;/q;;;;;+2/p-2. The summed E-state index contributed by atoms with van der Waals surface area (Å²) in [4.78, 5) is 0. The van der Waals surface area contributed by atoms with Crippen molar-refractivity contribution in [2.75, 3.05) is 0 Å². The van der Waals surface area contributed by atoms with Crippen LogP contribution >= 0.6 is 0 Å². The minimum atomic E-state index is -1.84. The van der Waals surface area contributed by atoms with Gasteiger partial charge in [0.2, 0.25) is 0 Å². The van der Waals surface area contributed by atoms with Crippen LogP contribution in [0.1, 0.15) is 25.7 Å². The summed E-state index contributed by atoms with van der Waals surface area (Å²) in [6.45, 7) is 0. The molecule has 0 N–H and O–H groups in total. The van der Waals surface area contributed by atoms with Gasteiger partial charge in [-0.3, -0.25) is 0 Å². The third-order valence-corrected chi connectivity index (χ3v) is 23.6. The van der Waals surface area contributed by atoms with Crippen molar-refractivity contribution in [2.24, 2.45) is 23.7 Å². The first kappa shape index (κ1) is 24.6. The normalized spacial score (nSPS) is 31.5. The number of rotatable bonds is 2. The molecule has 180 valence electrons. The second-order valence-electron chi connectivity index (χ2n) is 10.7. The molecule has 3 heteroatoms. The van der Waals surface area contributed by atoms with Gasteiger partial charge in [0.25, 0.3) is 0 Å². The van der Waals surface area contributed by atoms with E-state index in [4.69, 9.17) is 0 Å². The van der Waals surface area contributed by atoms with Crippen molar-refractivity contribution in [1.29, 1.82) is 0 Å². The van der Waals surface area contributed by atoms with E-state index < -0.39 is 20.3 Å². The Bertz CT molecular complexity index is 984. The maximum atomic E-state index is 10.3. The van der Waals surface area contributed by atoms with Crippen molar-refractivity contribution in [1.82, 2.24) is 0 Å². The van der Waals surface area contributed by atoms with E-state index in [0.29, 0.717) is 0 Å². The summed E-state index contributed by atoms with van der Waals surface area (Å²) in [5.74, 6) is 3.87. The second-order valence-corrected chi connectivity index (χ2v) is 22.9. The number of fused-ring (bicyclic) bond motifs is 2. The van der Waals surface area contributed by atoms with Gasteiger partial charge in [-0.2, -0.15) is 0 Å². The van der Waals surface area contributed by atoms with Gasteiger partial charge in [0.15, 0.2) is 0 Å². The summed E-state index contributed by atoms with van der Waals surface area (Å²) in [6, 6.07) is 16.7. The van der Waals surface area contributed by atoms with Gasteiger partial charge in [0.1, 0.15) is 0 Å². The van der Waals surface area contributed by atoms with Crippen LogP contribution in [0.15, 0.2) is 109 Å². The molecular formula is C32H36O2Zr. The molecule has 5 aliphatic rings. The fourth-order valence-corrected chi connectivity index (χ4v) is 26.3. The Balaban J connectivity index is 0.000000149. The zero-order valence-corrected chi connectivity index (χ0v) is 22.9. The molecule has 3 fully saturated rings. The van der Waals surface area contributed by atoms with Crippen molar-refractivity contribution < 1.29 is 30.5 Å². The van der Waals surface area contributed by atoms with Crippen LogP contribution < -0.4 is 10.2 Å². The maximum absolute atomic E-state index is 10.3. The van der Waals surface area contributed by atoms with Crippen LogP contribution in [0, 0.1) is 23.7 Å². The molecule has 1 aliphatic heterocycles. The molecule has 2 aromatic rings. The summed E-state index contributed by atoms with van der Waals surface area (Å²) in [5.41, 5.74) is 0. The van der Waals surface area contributed by atoms with E-state index in [2.05, 4.69) is 48.6 Å². The minimum absolute atomic E-state index is 0.0718. The molecule has 0 radical (unpaired) electrons. The van der Waals surface area contributed by atoms with Crippen LogP contribution in [0.2, 0.25) is 15.5 Å². The predicted octanol–water partition coefficient (Wildman–Crippen LogP) is 7.39. The Hall–Kier alpha value is -2.12. The Labute approximate surface area is 215 Å². The van der Waals surface area contributed by atoms with Gasteiger partial charge in [-0.05, 0) is 0 Å². The molecular weight excluding hydrogens is 508 g/mol. The quantitative estimate of drug-likeness (QED) is 0.396. The van der Waals surface area contributed by atoms with E-state index in [1.165, 1.54) is 44.4 Å². The summed E-state index contributed by atoms with van der Waals surface area (Å²) >= 11 is -1.84. The number of hydrogen-bond acceptors (Lipinski definition) is 2. The number of benzene rings is 2. The Morgan fingerprint density at radius 2 is 0.914 bits per heavy atom. The smallest absolute Gasteiger partial charge is 0.0623 e. The van der Waals surface area contributed by atoms with Crippen molar-refractivity contribution in [3.8, 4) is 11.5 Å². The topological polar surface area (TPSA) is 46.1 Å². The molecule has 1 saturated heterocycles. The van der Waals surface area contributed by atoms with E-state index >= 15 is 0 Å². The molecule has 2 saturated carbocycles. The van der Waals surface area contributed by atoms with Gasteiger partial charge in [-0.15, -0.1) is 11.5 Å². The van der Waals surface area contributed by atoms with Gasteiger partial charge >= 0.3 is 134 Å². The third-order valence-electron chi connectivity index (χ3n) is 8.94. The monoisotopic (exact) mass is 542 g/mol. The largest absolute Gasteiger partial charge is 0.872 e. The molecule has 4 aliphatic carbocycles.